The van der Waals surface area contributed by atoms with Crippen LogP contribution in [0.4, 0.5) is 5.69 Å². The molecule has 0 atom stereocenters. The summed E-state index contributed by atoms with van der Waals surface area (Å²) < 4.78 is 3.48. The number of aryl methyl sites for hydroxylation is 1. The SMILES string of the molecule is Cc1cccnc1SNc1cccc2c1CN(C)CC2. The Bertz CT molecular complexity index is 612. The third kappa shape index (κ3) is 2.81. The second-order valence-electron chi connectivity index (χ2n) is 5.26. The van der Waals surface area contributed by atoms with Crippen molar-refractivity contribution < 1.29 is 0 Å². The van der Waals surface area contributed by atoms with Crippen molar-refractivity contribution in [1.29, 1.82) is 0 Å². The molecule has 104 valence electrons. The van der Waals surface area contributed by atoms with Gasteiger partial charge in [0.05, 0.1) is 0 Å². The van der Waals surface area contributed by atoms with Gasteiger partial charge in [-0.2, -0.15) is 0 Å². The van der Waals surface area contributed by atoms with Crippen LogP contribution in [0.1, 0.15) is 16.7 Å². The largest absolute Gasteiger partial charge is 0.324 e. The minimum absolute atomic E-state index is 1.01. The fraction of sp³-hybridized carbons (Fsp3) is 0.312. The summed E-state index contributed by atoms with van der Waals surface area (Å²) in [6.45, 7) is 4.24. The maximum absolute atomic E-state index is 4.41. The monoisotopic (exact) mass is 285 g/mol. The molecule has 1 aliphatic rings. The Morgan fingerprint density at radius 3 is 3.00 bits per heavy atom. The second kappa shape index (κ2) is 5.85. The van der Waals surface area contributed by atoms with Gasteiger partial charge in [-0.05, 0) is 49.2 Å². The Labute approximate surface area is 124 Å². The maximum Gasteiger partial charge on any atom is 0.119 e. The molecule has 1 aromatic heterocycles. The van der Waals surface area contributed by atoms with E-state index in [4.69, 9.17) is 0 Å². The summed E-state index contributed by atoms with van der Waals surface area (Å²) in [5, 5.41) is 1.04. The average Bonchev–Trinajstić information content (AvgIpc) is 2.46. The van der Waals surface area contributed by atoms with Crippen molar-refractivity contribution in [3.05, 3.63) is 53.2 Å². The topological polar surface area (TPSA) is 28.2 Å². The number of aromatic nitrogens is 1. The number of hydrogen-bond donors (Lipinski definition) is 1. The highest BCUT2D eigenvalue weighted by Crippen LogP contribution is 2.29. The normalized spacial score (nSPS) is 14.9. The Morgan fingerprint density at radius 2 is 2.15 bits per heavy atom. The number of nitrogens with zero attached hydrogens (tertiary/aromatic N) is 2. The van der Waals surface area contributed by atoms with Crippen molar-refractivity contribution >= 4 is 17.6 Å². The van der Waals surface area contributed by atoms with Crippen LogP contribution in [-0.2, 0) is 13.0 Å². The van der Waals surface area contributed by atoms with Crippen molar-refractivity contribution in [2.75, 3.05) is 18.3 Å². The molecule has 2 aromatic rings. The lowest BCUT2D eigenvalue weighted by molar-refractivity contribution is 0.313. The zero-order chi connectivity index (χ0) is 13.9. The number of pyridine rings is 1. The van der Waals surface area contributed by atoms with Gasteiger partial charge in [-0.3, -0.25) is 0 Å². The first-order chi connectivity index (χ1) is 9.74. The van der Waals surface area contributed by atoms with Gasteiger partial charge in [0, 0.05) is 36.9 Å². The third-order valence-corrected chi connectivity index (χ3v) is 4.63. The molecule has 2 heterocycles. The van der Waals surface area contributed by atoms with Crippen LogP contribution in [-0.4, -0.2) is 23.5 Å². The van der Waals surface area contributed by atoms with Gasteiger partial charge in [-0.15, -0.1) is 0 Å². The molecule has 0 fully saturated rings. The Balaban J connectivity index is 1.80. The quantitative estimate of drug-likeness (QED) is 0.874. The van der Waals surface area contributed by atoms with Crippen LogP contribution in [0.2, 0.25) is 0 Å². The van der Waals surface area contributed by atoms with Gasteiger partial charge in [-0.1, -0.05) is 18.2 Å². The summed E-state index contributed by atoms with van der Waals surface area (Å²) in [7, 11) is 2.18. The summed E-state index contributed by atoms with van der Waals surface area (Å²) in [6.07, 6.45) is 2.97. The molecule has 0 saturated carbocycles. The molecule has 4 heteroatoms. The molecule has 1 aliphatic heterocycles. The molecule has 0 unspecified atom stereocenters. The summed E-state index contributed by atoms with van der Waals surface area (Å²) in [6, 6.07) is 10.6. The Kier molecular flexibility index (Phi) is 3.94. The van der Waals surface area contributed by atoms with E-state index in [1.807, 2.05) is 12.3 Å². The van der Waals surface area contributed by atoms with Crippen molar-refractivity contribution in [3.63, 3.8) is 0 Å². The molecule has 20 heavy (non-hydrogen) atoms. The molecule has 0 spiro atoms. The first-order valence-electron chi connectivity index (χ1n) is 6.88. The lowest BCUT2D eigenvalue weighted by atomic mass is 9.99. The third-order valence-electron chi connectivity index (χ3n) is 3.68. The van der Waals surface area contributed by atoms with Crippen LogP contribution in [0.3, 0.4) is 0 Å². The van der Waals surface area contributed by atoms with Crippen molar-refractivity contribution in [2.24, 2.45) is 0 Å². The molecule has 3 rings (SSSR count). The van der Waals surface area contributed by atoms with Crippen molar-refractivity contribution in [3.8, 4) is 0 Å². The first-order valence-corrected chi connectivity index (χ1v) is 7.69. The highest BCUT2D eigenvalue weighted by molar-refractivity contribution is 8.00. The number of benzene rings is 1. The summed E-state index contributed by atoms with van der Waals surface area (Å²) >= 11 is 1.59. The van der Waals surface area contributed by atoms with Gasteiger partial charge < -0.3 is 9.62 Å². The van der Waals surface area contributed by atoms with Crippen LogP contribution >= 0.6 is 11.9 Å². The molecule has 0 aliphatic carbocycles. The molecule has 1 N–H and O–H groups in total. The van der Waals surface area contributed by atoms with Crippen molar-refractivity contribution in [1.82, 2.24) is 9.88 Å². The lowest BCUT2D eigenvalue weighted by Crippen LogP contribution is -2.27. The van der Waals surface area contributed by atoms with Crippen LogP contribution in [0.5, 0.6) is 0 Å². The summed E-state index contributed by atoms with van der Waals surface area (Å²) in [4.78, 5) is 6.78. The van der Waals surface area contributed by atoms with Gasteiger partial charge in [-0.25, -0.2) is 4.98 Å². The maximum atomic E-state index is 4.41. The van der Waals surface area contributed by atoms with E-state index in [-0.39, 0.29) is 0 Å². The molecule has 3 nitrogen and oxygen atoms in total. The molecular formula is C16H19N3S. The predicted molar refractivity (Wildman–Crippen MR) is 84.9 cm³/mol. The molecule has 0 amide bonds. The first kappa shape index (κ1) is 13.5. The predicted octanol–water partition coefficient (Wildman–Crippen LogP) is 3.50. The van der Waals surface area contributed by atoms with Gasteiger partial charge in [0.1, 0.15) is 5.03 Å². The van der Waals surface area contributed by atoms with E-state index in [1.54, 1.807) is 11.9 Å². The highest BCUT2D eigenvalue weighted by atomic mass is 32.2. The molecule has 1 aromatic carbocycles. The number of hydrogen-bond acceptors (Lipinski definition) is 4. The van der Waals surface area contributed by atoms with Crippen LogP contribution in [0, 0.1) is 6.92 Å². The fourth-order valence-electron chi connectivity index (χ4n) is 2.49. The van der Waals surface area contributed by atoms with Crippen molar-refractivity contribution in [2.45, 2.75) is 24.9 Å². The zero-order valence-corrected chi connectivity index (χ0v) is 12.7. The fourth-order valence-corrected chi connectivity index (χ4v) is 3.23. The lowest BCUT2D eigenvalue weighted by Gasteiger charge is -2.27. The molecule has 0 bridgehead atoms. The van der Waals surface area contributed by atoms with Crippen LogP contribution in [0.15, 0.2) is 41.6 Å². The number of rotatable bonds is 3. The van der Waals surface area contributed by atoms with E-state index < -0.39 is 0 Å². The van der Waals surface area contributed by atoms with E-state index in [2.05, 4.69) is 52.8 Å². The number of likely N-dealkylation sites (N-methyl/N-ethyl adjacent to an activating group) is 1. The van der Waals surface area contributed by atoms with E-state index in [0.717, 1.165) is 24.5 Å². The Morgan fingerprint density at radius 1 is 1.25 bits per heavy atom. The second-order valence-corrected chi connectivity index (χ2v) is 6.06. The van der Waals surface area contributed by atoms with Gasteiger partial charge in [0.25, 0.3) is 0 Å². The molecule has 0 saturated heterocycles. The highest BCUT2D eigenvalue weighted by Gasteiger charge is 2.16. The number of nitrogens with one attached hydrogen (secondary N) is 1. The van der Waals surface area contributed by atoms with E-state index >= 15 is 0 Å². The molecular weight excluding hydrogens is 266 g/mol. The van der Waals surface area contributed by atoms with Gasteiger partial charge in [0.2, 0.25) is 0 Å². The Hall–Kier alpha value is -1.52. The van der Waals surface area contributed by atoms with E-state index in [0.29, 0.717) is 0 Å². The van der Waals surface area contributed by atoms with E-state index in [1.165, 1.54) is 22.4 Å². The van der Waals surface area contributed by atoms with Crippen LogP contribution < -0.4 is 4.72 Å². The zero-order valence-electron chi connectivity index (χ0n) is 11.9. The minimum atomic E-state index is 1.01. The summed E-state index contributed by atoms with van der Waals surface area (Å²) in [5.74, 6) is 0. The van der Waals surface area contributed by atoms with Gasteiger partial charge >= 0.3 is 0 Å². The van der Waals surface area contributed by atoms with Gasteiger partial charge in [0.15, 0.2) is 0 Å². The smallest absolute Gasteiger partial charge is 0.119 e. The molecule has 0 radical (unpaired) electrons. The number of anilines is 1. The van der Waals surface area contributed by atoms with E-state index in [9.17, 15) is 0 Å². The van der Waals surface area contributed by atoms with Crippen LogP contribution in [0.25, 0.3) is 0 Å². The average molecular weight is 285 g/mol. The minimum Gasteiger partial charge on any atom is -0.324 e. The summed E-state index contributed by atoms with van der Waals surface area (Å²) in [5.41, 5.74) is 5.30. The standard InChI is InChI=1S/C16H19N3S/c1-12-5-4-9-17-16(12)20-18-15-7-3-6-13-8-10-19(2)11-14(13)15/h3-7,9,18H,8,10-11H2,1-2H3. The number of fused-ring (bicyclic) bond motifs is 1.